The number of rotatable bonds is 5. The van der Waals surface area contributed by atoms with E-state index in [0.717, 1.165) is 27.6 Å². The molecule has 1 N–H and O–H groups in total. The summed E-state index contributed by atoms with van der Waals surface area (Å²) < 4.78 is 0. The first kappa shape index (κ1) is 15.2. The third kappa shape index (κ3) is 3.96. The van der Waals surface area contributed by atoms with E-state index in [1.54, 1.807) is 30.2 Å². The Bertz CT molecular complexity index is 805. The van der Waals surface area contributed by atoms with Gasteiger partial charge in [0.25, 0.3) is 0 Å². The second kappa shape index (κ2) is 7.07. The van der Waals surface area contributed by atoms with E-state index in [1.807, 2.05) is 48.5 Å². The first-order chi connectivity index (χ1) is 11.2. The molecule has 23 heavy (non-hydrogen) atoms. The SMILES string of the molecule is O=C(O)c1ccc(CSc2cc(-c3ccccc3)ncn2)cc1. The lowest BCUT2D eigenvalue weighted by atomic mass is 10.1. The van der Waals surface area contributed by atoms with Crippen LogP contribution in [0.4, 0.5) is 0 Å². The highest BCUT2D eigenvalue weighted by Gasteiger charge is 2.04. The zero-order chi connectivity index (χ0) is 16.1. The topological polar surface area (TPSA) is 63.1 Å². The van der Waals surface area contributed by atoms with Crippen LogP contribution < -0.4 is 0 Å². The summed E-state index contributed by atoms with van der Waals surface area (Å²) in [6, 6.07) is 18.8. The minimum absolute atomic E-state index is 0.298. The van der Waals surface area contributed by atoms with Crippen molar-refractivity contribution in [2.45, 2.75) is 10.8 Å². The van der Waals surface area contributed by atoms with Crippen molar-refractivity contribution in [1.29, 1.82) is 0 Å². The second-order valence-corrected chi connectivity index (χ2v) is 5.89. The third-order valence-corrected chi connectivity index (χ3v) is 4.30. The van der Waals surface area contributed by atoms with Crippen molar-refractivity contribution < 1.29 is 9.90 Å². The van der Waals surface area contributed by atoms with Gasteiger partial charge in [-0.2, -0.15) is 0 Å². The molecule has 5 heteroatoms. The molecule has 114 valence electrons. The van der Waals surface area contributed by atoms with E-state index in [4.69, 9.17) is 5.11 Å². The molecule has 0 radical (unpaired) electrons. The number of carboxylic acid groups (broad SMARTS) is 1. The highest BCUT2D eigenvalue weighted by atomic mass is 32.2. The lowest BCUT2D eigenvalue weighted by Crippen LogP contribution is -1.95. The normalized spacial score (nSPS) is 10.4. The monoisotopic (exact) mass is 322 g/mol. The van der Waals surface area contributed by atoms with E-state index in [-0.39, 0.29) is 0 Å². The van der Waals surface area contributed by atoms with Crippen molar-refractivity contribution in [3.05, 3.63) is 78.1 Å². The first-order valence-corrected chi connectivity index (χ1v) is 8.03. The Kier molecular flexibility index (Phi) is 4.68. The molecule has 0 aliphatic carbocycles. The molecule has 0 amide bonds. The van der Waals surface area contributed by atoms with Crippen LogP contribution in [0.3, 0.4) is 0 Å². The third-order valence-electron chi connectivity index (χ3n) is 3.30. The smallest absolute Gasteiger partial charge is 0.335 e. The molecule has 0 aliphatic rings. The summed E-state index contributed by atoms with van der Waals surface area (Å²) >= 11 is 1.60. The van der Waals surface area contributed by atoms with E-state index >= 15 is 0 Å². The fourth-order valence-electron chi connectivity index (χ4n) is 2.09. The molecule has 3 aromatic rings. The van der Waals surface area contributed by atoms with Crippen molar-refractivity contribution in [3.63, 3.8) is 0 Å². The minimum Gasteiger partial charge on any atom is -0.478 e. The van der Waals surface area contributed by atoms with Crippen LogP contribution in [-0.4, -0.2) is 21.0 Å². The second-order valence-electron chi connectivity index (χ2n) is 4.90. The van der Waals surface area contributed by atoms with Crippen LogP contribution >= 0.6 is 11.8 Å². The van der Waals surface area contributed by atoms with E-state index in [1.165, 1.54) is 0 Å². The van der Waals surface area contributed by atoms with Crippen LogP contribution in [0, 0.1) is 0 Å². The standard InChI is InChI=1S/C18H14N2O2S/c21-18(22)15-8-6-13(7-9-15)11-23-17-10-16(19-12-20-17)14-4-2-1-3-5-14/h1-10,12H,11H2,(H,21,22). The summed E-state index contributed by atoms with van der Waals surface area (Å²) in [5, 5.41) is 9.79. The summed E-state index contributed by atoms with van der Waals surface area (Å²) in [6.07, 6.45) is 1.57. The molecule has 0 fully saturated rings. The molecule has 1 heterocycles. The van der Waals surface area contributed by atoms with E-state index < -0.39 is 5.97 Å². The van der Waals surface area contributed by atoms with Crippen molar-refractivity contribution in [1.82, 2.24) is 9.97 Å². The van der Waals surface area contributed by atoms with Gasteiger partial charge in [-0.15, -0.1) is 11.8 Å². The maximum atomic E-state index is 10.8. The van der Waals surface area contributed by atoms with Crippen LogP contribution in [0.25, 0.3) is 11.3 Å². The van der Waals surface area contributed by atoms with E-state index in [2.05, 4.69) is 9.97 Å². The van der Waals surface area contributed by atoms with Gasteiger partial charge < -0.3 is 5.11 Å². The predicted molar refractivity (Wildman–Crippen MR) is 90.4 cm³/mol. The molecule has 0 bridgehead atoms. The quantitative estimate of drug-likeness (QED) is 0.565. The molecule has 1 aromatic heterocycles. The number of thioether (sulfide) groups is 1. The molecule has 0 aliphatic heterocycles. The fraction of sp³-hybridized carbons (Fsp3) is 0.0556. The van der Waals surface area contributed by atoms with Crippen molar-refractivity contribution in [2.24, 2.45) is 0 Å². The maximum Gasteiger partial charge on any atom is 0.335 e. The number of hydrogen-bond donors (Lipinski definition) is 1. The number of aromatic nitrogens is 2. The van der Waals surface area contributed by atoms with Crippen LogP contribution in [0.2, 0.25) is 0 Å². The molecule has 3 rings (SSSR count). The van der Waals surface area contributed by atoms with Gasteiger partial charge in [-0.05, 0) is 23.8 Å². The average molecular weight is 322 g/mol. The molecule has 0 atom stereocenters. The van der Waals surface area contributed by atoms with Gasteiger partial charge >= 0.3 is 5.97 Å². The molecule has 0 unspecified atom stereocenters. The average Bonchev–Trinajstić information content (AvgIpc) is 2.61. The molecule has 0 saturated carbocycles. The number of carbonyl (C=O) groups is 1. The molecule has 4 nitrogen and oxygen atoms in total. The Hall–Kier alpha value is -2.66. The zero-order valence-electron chi connectivity index (χ0n) is 12.2. The van der Waals surface area contributed by atoms with Crippen molar-refractivity contribution >= 4 is 17.7 Å². The van der Waals surface area contributed by atoms with Gasteiger partial charge in [0.2, 0.25) is 0 Å². The molecule has 2 aromatic carbocycles. The Morgan fingerprint density at radius 3 is 2.43 bits per heavy atom. The maximum absolute atomic E-state index is 10.8. The molecule has 0 saturated heterocycles. The van der Waals surface area contributed by atoms with Gasteiger partial charge in [0, 0.05) is 11.3 Å². The van der Waals surface area contributed by atoms with Gasteiger partial charge in [0.1, 0.15) is 11.4 Å². The number of nitrogens with zero attached hydrogens (tertiary/aromatic N) is 2. The number of carboxylic acids is 1. The Labute approximate surface area is 138 Å². The van der Waals surface area contributed by atoms with Crippen LogP contribution in [0.5, 0.6) is 0 Å². The number of benzene rings is 2. The Morgan fingerprint density at radius 1 is 1.00 bits per heavy atom. The summed E-state index contributed by atoms with van der Waals surface area (Å²) in [5.41, 5.74) is 3.30. The largest absolute Gasteiger partial charge is 0.478 e. The highest BCUT2D eigenvalue weighted by molar-refractivity contribution is 7.98. The Morgan fingerprint density at radius 2 is 1.74 bits per heavy atom. The predicted octanol–water partition coefficient (Wildman–Crippen LogP) is 4.13. The van der Waals surface area contributed by atoms with Crippen molar-refractivity contribution in [3.8, 4) is 11.3 Å². The van der Waals surface area contributed by atoms with E-state index in [9.17, 15) is 4.79 Å². The molecule has 0 spiro atoms. The van der Waals surface area contributed by atoms with Gasteiger partial charge in [-0.1, -0.05) is 42.5 Å². The van der Waals surface area contributed by atoms with Crippen LogP contribution in [0.15, 0.2) is 72.0 Å². The summed E-state index contributed by atoms with van der Waals surface area (Å²) in [6.45, 7) is 0. The van der Waals surface area contributed by atoms with E-state index in [0.29, 0.717) is 5.56 Å². The number of aromatic carboxylic acids is 1. The van der Waals surface area contributed by atoms with Gasteiger partial charge in [-0.25, -0.2) is 14.8 Å². The zero-order valence-corrected chi connectivity index (χ0v) is 13.0. The lowest BCUT2D eigenvalue weighted by Gasteiger charge is -2.04. The Balaban J connectivity index is 1.70. The van der Waals surface area contributed by atoms with Gasteiger partial charge in [-0.3, -0.25) is 0 Å². The first-order valence-electron chi connectivity index (χ1n) is 7.05. The molecular formula is C18H14N2O2S. The minimum atomic E-state index is -0.910. The van der Waals surface area contributed by atoms with Crippen molar-refractivity contribution in [2.75, 3.05) is 0 Å². The summed E-state index contributed by atoms with van der Waals surface area (Å²) in [4.78, 5) is 19.4. The fourth-order valence-corrected chi connectivity index (χ4v) is 2.91. The lowest BCUT2D eigenvalue weighted by molar-refractivity contribution is 0.0697. The summed E-state index contributed by atoms with van der Waals surface area (Å²) in [5.74, 6) is -0.182. The highest BCUT2D eigenvalue weighted by Crippen LogP contribution is 2.24. The van der Waals surface area contributed by atoms with Crippen LogP contribution in [-0.2, 0) is 5.75 Å². The summed E-state index contributed by atoms with van der Waals surface area (Å²) in [7, 11) is 0. The van der Waals surface area contributed by atoms with Gasteiger partial charge in [0.05, 0.1) is 11.3 Å². The van der Waals surface area contributed by atoms with Gasteiger partial charge in [0.15, 0.2) is 0 Å². The van der Waals surface area contributed by atoms with Crippen LogP contribution in [0.1, 0.15) is 15.9 Å². The molecular weight excluding hydrogens is 308 g/mol. The number of hydrogen-bond acceptors (Lipinski definition) is 4.